The molecule has 2 rings (SSSR count). The van der Waals surface area contributed by atoms with E-state index in [9.17, 15) is 18.4 Å². The van der Waals surface area contributed by atoms with E-state index in [4.69, 9.17) is 4.74 Å². The van der Waals surface area contributed by atoms with Gasteiger partial charge in [0.25, 0.3) is 0 Å². The Balaban J connectivity index is 1.97. The molecular formula is C18H14F2O4. The third-order valence-electron chi connectivity index (χ3n) is 2.98. The van der Waals surface area contributed by atoms with Gasteiger partial charge in [0.15, 0.2) is 5.78 Å². The van der Waals surface area contributed by atoms with Crippen molar-refractivity contribution in [1.82, 2.24) is 0 Å². The maximum atomic E-state index is 12.0. The van der Waals surface area contributed by atoms with Gasteiger partial charge in [-0.1, -0.05) is 24.3 Å². The first-order valence-electron chi connectivity index (χ1n) is 7.00. The van der Waals surface area contributed by atoms with Gasteiger partial charge in [0.05, 0.1) is 0 Å². The van der Waals surface area contributed by atoms with E-state index in [1.807, 2.05) is 0 Å². The highest BCUT2D eigenvalue weighted by Gasteiger charge is 2.05. The van der Waals surface area contributed by atoms with E-state index < -0.39 is 12.6 Å². The van der Waals surface area contributed by atoms with Crippen molar-refractivity contribution in [3.05, 3.63) is 65.7 Å². The molecule has 0 atom stereocenters. The summed E-state index contributed by atoms with van der Waals surface area (Å²) >= 11 is 0. The number of ether oxygens (including phenoxy) is 2. The Morgan fingerprint density at radius 3 is 2.38 bits per heavy atom. The Morgan fingerprint density at radius 1 is 1.04 bits per heavy atom. The van der Waals surface area contributed by atoms with Crippen LogP contribution in [0.2, 0.25) is 0 Å². The second-order valence-electron chi connectivity index (χ2n) is 4.79. The molecule has 2 aromatic carbocycles. The van der Waals surface area contributed by atoms with E-state index >= 15 is 0 Å². The largest absolute Gasteiger partial charge is 0.435 e. The van der Waals surface area contributed by atoms with Crippen LogP contribution in [0.5, 0.6) is 11.5 Å². The van der Waals surface area contributed by atoms with Crippen LogP contribution in [-0.2, 0) is 4.79 Å². The minimum atomic E-state index is -2.88. The molecule has 6 heteroatoms. The van der Waals surface area contributed by atoms with Crippen molar-refractivity contribution in [1.29, 1.82) is 0 Å². The molecule has 4 nitrogen and oxygen atoms in total. The van der Waals surface area contributed by atoms with Crippen molar-refractivity contribution in [2.45, 2.75) is 13.5 Å². The quantitative estimate of drug-likeness (QED) is 0.346. The molecule has 0 aliphatic rings. The molecule has 0 fully saturated rings. The first kappa shape index (κ1) is 17.3. The fraction of sp³-hybridized carbons (Fsp3) is 0.111. The van der Waals surface area contributed by atoms with E-state index in [2.05, 4.69) is 4.74 Å². The summed E-state index contributed by atoms with van der Waals surface area (Å²) < 4.78 is 33.4. The van der Waals surface area contributed by atoms with Crippen molar-refractivity contribution in [3.8, 4) is 11.5 Å². The van der Waals surface area contributed by atoms with Crippen LogP contribution in [-0.4, -0.2) is 18.4 Å². The minimum absolute atomic E-state index is 0.0331. The number of hydrogen-bond donors (Lipinski definition) is 0. The number of carbonyl (C=O) groups excluding carboxylic acids is 2. The molecule has 0 unspecified atom stereocenters. The predicted molar refractivity (Wildman–Crippen MR) is 84.2 cm³/mol. The molecule has 24 heavy (non-hydrogen) atoms. The minimum Gasteiger partial charge on any atom is -0.435 e. The second-order valence-corrected chi connectivity index (χ2v) is 4.79. The number of ketones is 1. The third kappa shape index (κ3) is 5.31. The Hall–Kier alpha value is -3.02. The average molecular weight is 332 g/mol. The van der Waals surface area contributed by atoms with Crippen LogP contribution in [0.15, 0.2) is 54.6 Å². The summed E-state index contributed by atoms with van der Waals surface area (Å²) in [7, 11) is 0. The number of esters is 1. The predicted octanol–water partition coefficient (Wildman–Crippen LogP) is 4.11. The van der Waals surface area contributed by atoms with Gasteiger partial charge in [-0.05, 0) is 42.8 Å². The lowest BCUT2D eigenvalue weighted by molar-refractivity contribution is -0.128. The fourth-order valence-electron chi connectivity index (χ4n) is 1.85. The van der Waals surface area contributed by atoms with E-state index in [-0.39, 0.29) is 17.3 Å². The van der Waals surface area contributed by atoms with Crippen LogP contribution in [0.4, 0.5) is 8.78 Å². The summed E-state index contributed by atoms with van der Waals surface area (Å²) in [6.07, 6.45) is 2.67. The first-order valence-corrected chi connectivity index (χ1v) is 7.00. The SMILES string of the molecule is CC(=O)c1cccc(OC(=O)/C=C/c2ccc(OC(F)F)cc2)c1. The van der Waals surface area contributed by atoms with Gasteiger partial charge in [-0.2, -0.15) is 8.78 Å². The molecule has 0 radical (unpaired) electrons. The topological polar surface area (TPSA) is 52.6 Å². The molecule has 0 heterocycles. The van der Waals surface area contributed by atoms with Gasteiger partial charge < -0.3 is 9.47 Å². The molecule has 124 valence electrons. The van der Waals surface area contributed by atoms with Crippen LogP contribution in [0.1, 0.15) is 22.8 Å². The number of benzene rings is 2. The second kappa shape index (κ2) is 8.01. The van der Waals surface area contributed by atoms with Crippen LogP contribution >= 0.6 is 0 Å². The monoisotopic (exact) mass is 332 g/mol. The molecule has 0 bridgehead atoms. The van der Waals surface area contributed by atoms with Crippen molar-refractivity contribution in [2.75, 3.05) is 0 Å². The average Bonchev–Trinajstić information content (AvgIpc) is 2.54. The van der Waals surface area contributed by atoms with Gasteiger partial charge >= 0.3 is 12.6 Å². The Kier molecular flexibility index (Phi) is 5.78. The Labute approximate surface area is 137 Å². The van der Waals surface area contributed by atoms with Crippen molar-refractivity contribution >= 4 is 17.8 Å². The van der Waals surface area contributed by atoms with Crippen LogP contribution in [0.3, 0.4) is 0 Å². The summed E-state index contributed by atoms with van der Waals surface area (Å²) in [6.45, 7) is -1.46. The molecule has 0 spiro atoms. The van der Waals surface area contributed by atoms with Crippen molar-refractivity contribution in [3.63, 3.8) is 0 Å². The van der Waals surface area contributed by atoms with Crippen LogP contribution < -0.4 is 9.47 Å². The lowest BCUT2D eigenvalue weighted by Gasteiger charge is -2.04. The number of halogens is 2. The third-order valence-corrected chi connectivity index (χ3v) is 2.98. The van der Waals surface area contributed by atoms with Gasteiger partial charge in [0.1, 0.15) is 11.5 Å². The zero-order valence-corrected chi connectivity index (χ0v) is 12.7. The maximum absolute atomic E-state index is 12.0. The van der Waals surface area contributed by atoms with E-state index in [1.165, 1.54) is 49.4 Å². The molecule has 0 N–H and O–H groups in total. The molecule has 2 aromatic rings. The Morgan fingerprint density at radius 2 is 1.75 bits per heavy atom. The summed E-state index contributed by atoms with van der Waals surface area (Å²) in [4.78, 5) is 23.0. The van der Waals surface area contributed by atoms with E-state index in [0.717, 1.165) is 0 Å². The molecule has 0 saturated carbocycles. The van der Waals surface area contributed by atoms with Crippen molar-refractivity contribution < 1.29 is 27.8 Å². The zero-order chi connectivity index (χ0) is 17.5. The highest BCUT2D eigenvalue weighted by Crippen LogP contribution is 2.16. The lowest BCUT2D eigenvalue weighted by Crippen LogP contribution is -2.04. The highest BCUT2D eigenvalue weighted by molar-refractivity contribution is 5.95. The Bertz CT molecular complexity index is 752. The zero-order valence-electron chi connectivity index (χ0n) is 12.7. The van der Waals surface area contributed by atoms with Crippen LogP contribution in [0.25, 0.3) is 6.08 Å². The molecular weight excluding hydrogens is 318 g/mol. The van der Waals surface area contributed by atoms with E-state index in [0.29, 0.717) is 11.1 Å². The van der Waals surface area contributed by atoms with Gasteiger partial charge in [-0.25, -0.2) is 4.79 Å². The highest BCUT2D eigenvalue weighted by atomic mass is 19.3. The summed E-state index contributed by atoms with van der Waals surface area (Å²) in [5.74, 6) is -0.457. The standard InChI is InChI=1S/C18H14F2O4/c1-12(21)14-3-2-4-16(11-14)23-17(22)10-7-13-5-8-15(9-6-13)24-18(19)20/h2-11,18H,1H3/b10-7+. The number of rotatable bonds is 6. The van der Waals surface area contributed by atoms with Gasteiger partial charge in [0.2, 0.25) is 0 Å². The summed E-state index contributed by atoms with van der Waals surface area (Å²) in [6, 6.07) is 12.1. The maximum Gasteiger partial charge on any atom is 0.387 e. The summed E-state index contributed by atoms with van der Waals surface area (Å²) in [5, 5.41) is 0. The normalized spacial score (nSPS) is 10.8. The van der Waals surface area contributed by atoms with Crippen molar-refractivity contribution in [2.24, 2.45) is 0 Å². The first-order chi connectivity index (χ1) is 11.4. The lowest BCUT2D eigenvalue weighted by atomic mass is 10.1. The fourth-order valence-corrected chi connectivity index (χ4v) is 1.85. The molecule has 0 amide bonds. The number of alkyl halides is 2. The number of Topliss-reactive ketones (excluding diaryl/α,β-unsaturated/α-hetero) is 1. The van der Waals surface area contributed by atoms with E-state index in [1.54, 1.807) is 18.2 Å². The molecule has 0 aliphatic carbocycles. The van der Waals surface area contributed by atoms with Gasteiger partial charge in [0, 0.05) is 11.6 Å². The summed E-state index contributed by atoms with van der Waals surface area (Å²) in [5.41, 5.74) is 1.06. The number of hydrogen-bond acceptors (Lipinski definition) is 4. The van der Waals surface area contributed by atoms with Gasteiger partial charge in [-0.15, -0.1) is 0 Å². The number of carbonyl (C=O) groups is 2. The van der Waals surface area contributed by atoms with Gasteiger partial charge in [-0.3, -0.25) is 4.79 Å². The smallest absolute Gasteiger partial charge is 0.387 e. The molecule has 0 saturated heterocycles. The molecule has 0 aliphatic heterocycles. The van der Waals surface area contributed by atoms with Crippen LogP contribution in [0, 0.1) is 0 Å². The molecule has 0 aromatic heterocycles.